The molecule has 86 valence electrons. The SMILES string of the molecule is Cc1cnc(-c2cn(CCCC#N)cn2)cn1. The normalized spacial score (nSPS) is 10.1. The van der Waals surface area contributed by atoms with E-state index in [1.165, 1.54) is 0 Å². The van der Waals surface area contributed by atoms with Crippen molar-refractivity contribution in [1.82, 2.24) is 19.5 Å². The second kappa shape index (κ2) is 5.21. The molecule has 5 nitrogen and oxygen atoms in total. The van der Waals surface area contributed by atoms with Crippen LogP contribution >= 0.6 is 0 Å². The molecule has 0 saturated carbocycles. The van der Waals surface area contributed by atoms with Crippen LogP contribution in [-0.4, -0.2) is 19.5 Å². The van der Waals surface area contributed by atoms with Crippen LogP contribution in [0.5, 0.6) is 0 Å². The predicted molar refractivity (Wildman–Crippen MR) is 62.8 cm³/mol. The largest absolute Gasteiger partial charge is 0.337 e. The molecular weight excluding hydrogens is 214 g/mol. The van der Waals surface area contributed by atoms with Crippen LogP contribution in [0.3, 0.4) is 0 Å². The zero-order valence-corrected chi connectivity index (χ0v) is 9.67. The van der Waals surface area contributed by atoms with Crippen LogP contribution in [0.25, 0.3) is 11.4 Å². The monoisotopic (exact) mass is 227 g/mol. The molecule has 0 N–H and O–H groups in total. The van der Waals surface area contributed by atoms with Crippen molar-refractivity contribution < 1.29 is 0 Å². The third-order valence-corrected chi connectivity index (χ3v) is 2.38. The fourth-order valence-electron chi connectivity index (χ4n) is 1.48. The number of hydrogen-bond acceptors (Lipinski definition) is 4. The zero-order chi connectivity index (χ0) is 12.1. The van der Waals surface area contributed by atoms with E-state index >= 15 is 0 Å². The second-order valence-electron chi connectivity index (χ2n) is 3.80. The average molecular weight is 227 g/mol. The Hall–Kier alpha value is -2.22. The fraction of sp³-hybridized carbons (Fsp3) is 0.333. The number of rotatable bonds is 4. The summed E-state index contributed by atoms with van der Waals surface area (Å²) in [5.41, 5.74) is 2.48. The Morgan fingerprint density at radius 3 is 2.82 bits per heavy atom. The minimum atomic E-state index is 0.567. The molecule has 0 aliphatic rings. The number of imidazole rings is 1. The van der Waals surface area contributed by atoms with Crippen molar-refractivity contribution >= 4 is 0 Å². The van der Waals surface area contributed by atoms with Crippen LogP contribution in [0.15, 0.2) is 24.9 Å². The standard InChI is InChI=1S/C12H13N5/c1-10-6-15-11(7-14-10)12-8-17(9-16-12)5-3-2-4-13/h6-9H,2-3,5H2,1H3. The first-order valence-electron chi connectivity index (χ1n) is 5.47. The lowest BCUT2D eigenvalue weighted by Gasteiger charge is -1.97. The minimum Gasteiger partial charge on any atom is -0.337 e. The van der Waals surface area contributed by atoms with Gasteiger partial charge in [-0.25, -0.2) is 4.98 Å². The number of hydrogen-bond donors (Lipinski definition) is 0. The van der Waals surface area contributed by atoms with Crippen molar-refractivity contribution in [3.8, 4) is 17.5 Å². The summed E-state index contributed by atoms with van der Waals surface area (Å²) in [6.07, 6.45) is 8.54. The van der Waals surface area contributed by atoms with E-state index in [4.69, 9.17) is 5.26 Å². The van der Waals surface area contributed by atoms with Crippen LogP contribution in [0.4, 0.5) is 0 Å². The summed E-state index contributed by atoms with van der Waals surface area (Å²) in [4.78, 5) is 12.7. The summed E-state index contributed by atoms with van der Waals surface area (Å²) in [5, 5.41) is 8.46. The highest BCUT2D eigenvalue weighted by molar-refractivity contribution is 5.50. The van der Waals surface area contributed by atoms with Crippen molar-refractivity contribution in [2.75, 3.05) is 0 Å². The van der Waals surface area contributed by atoms with Gasteiger partial charge >= 0.3 is 0 Å². The summed E-state index contributed by atoms with van der Waals surface area (Å²) in [5.74, 6) is 0. The number of aromatic nitrogens is 4. The lowest BCUT2D eigenvalue weighted by Crippen LogP contribution is -1.93. The van der Waals surface area contributed by atoms with Crippen molar-refractivity contribution in [3.63, 3.8) is 0 Å². The molecule has 0 saturated heterocycles. The van der Waals surface area contributed by atoms with Gasteiger partial charge in [0.1, 0.15) is 11.4 Å². The van der Waals surface area contributed by atoms with E-state index in [1.807, 2.05) is 17.7 Å². The maximum atomic E-state index is 8.46. The molecule has 0 bridgehead atoms. The molecule has 0 amide bonds. The van der Waals surface area contributed by atoms with Crippen molar-refractivity contribution in [2.24, 2.45) is 0 Å². The molecule has 0 aromatic carbocycles. The molecular formula is C12H13N5. The fourth-order valence-corrected chi connectivity index (χ4v) is 1.48. The quantitative estimate of drug-likeness (QED) is 0.749. The predicted octanol–water partition coefficient (Wildman–Crippen LogP) is 1.95. The van der Waals surface area contributed by atoms with Crippen molar-refractivity contribution in [3.05, 3.63) is 30.6 Å². The molecule has 0 aliphatic heterocycles. The van der Waals surface area contributed by atoms with Gasteiger partial charge in [-0.2, -0.15) is 5.26 Å². The molecule has 2 aromatic rings. The Kier molecular flexibility index (Phi) is 3.46. The Labute approximate surface area is 99.8 Å². The number of aryl methyl sites for hydroxylation is 2. The van der Waals surface area contributed by atoms with Gasteiger partial charge < -0.3 is 4.57 Å². The van der Waals surface area contributed by atoms with Gasteiger partial charge in [-0.1, -0.05) is 0 Å². The molecule has 0 aliphatic carbocycles. The zero-order valence-electron chi connectivity index (χ0n) is 9.67. The first kappa shape index (κ1) is 11.3. The average Bonchev–Trinajstić information content (AvgIpc) is 2.79. The van der Waals surface area contributed by atoms with Crippen molar-refractivity contribution in [1.29, 1.82) is 5.26 Å². The number of nitrogens with zero attached hydrogens (tertiary/aromatic N) is 5. The first-order valence-corrected chi connectivity index (χ1v) is 5.47. The van der Waals surface area contributed by atoms with Gasteiger partial charge in [-0.15, -0.1) is 0 Å². The van der Waals surface area contributed by atoms with Gasteiger partial charge in [-0.05, 0) is 13.3 Å². The Bertz CT molecular complexity index is 521. The molecule has 5 heteroatoms. The van der Waals surface area contributed by atoms with Gasteiger partial charge in [0.15, 0.2) is 0 Å². The van der Waals surface area contributed by atoms with E-state index in [0.29, 0.717) is 6.42 Å². The van der Waals surface area contributed by atoms with Crippen molar-refractivity contribution in [2.45, 2.75) is 26.3 Å². The van der Waals surface area contributed by atoms with E-state index in [1.54, 1.807) is 18.7 Å². The van der Waals surface area contributed by atoms with E-state index in [2.05, 4.69) is 21.0 Å². The van der Waals surface area contributed by atoms with Gasteiger partial charge in [0.05, 0.1) is 24.3 Å². The van der Waals surface area contributed by atoms with Crippen LogP contribution in [0, 0.1) is 18.3 Å². The lowest BCUT2D eigenvalue weighted by atomic mass is 10.3. The first-order chi connectivity index (χ1) is 8.29. The highest BCUT2D eigenvalue weighted by atomic mass is 15.0. The topological polar surface area (TPSA) is 67.4 Å². The smallest absolute Gasteiger partial charge is 0.108 e. The van der Waals surface area contributed by atoms with Gasteiger partial charge in [-0.3, -0.25) is 9.97 Å². The van der Waals surface area contributed by atoms with E-state index < -0.39 is 0 Å². The number of unbranched alkanes of at least 4 members (excludes halogenated alkanes) is 1. The van der Waals surface area contributed by atoms with E-state index in [-0.39, 0.29) is 0 Å². The Morgan fingerprint density at radius 1 is 1.24 bits per heavy atom. The van der Waals surface area contributed by atoms with Gasteiger partial charge in [0.25, 0.3) is 0 Å². The summed E-state index contributed by atoms with van der Waals surface area (Å²) in [6, 6.07) is 2.13. The Morgan fingerprint density at radius 2 is 2.12 bits per heavy atom. The summed E-state index contributed by atoms with van der Waals surface area (Å²) in [7, 11) is 0. The van der Waals surface area contributed by atoms with E-state index in [9.17, 15) is 0 Å². The summed E-state index contributed by atoms with van der Waals surface area (Å²) < 4.78 is 1.97. The molecule has 2 heterocycles. The maximum absolute atomic E-state index is 8.46. The second-order valence-corrected chi connectivity index (χ2v) is 3.80. The molecule has 2 rings (SSSR count). The maximum Gasteiger partial charge on any atom is 0.108 e. The molecule has 17 heavy (non-hydrogen) atoms. The summed E-state index contributed by atoms with van der Waals surface area (Å²) in [6.45, 7) is 2.71. The van der Waals surface area contributed by atoms with Crippen LogP contribution < -0.4 is 0 Å². The Balaban J connectivity index is 2.08. The summed E-state index contributed by atoms with van der Waals surface area (Å²) >= 11 is 0. The molecule has 0 fully saturated rings. The number of nitriles is 1. The van der Waals surface area contributed by atoms with Crippen LogP contribution in [-0.2, 0) is 6.54 Å². The minimum absolute atomic E-state index is 0.567. The van der Waals surface area contributed by atoms with Crippen LogP contribution in [0.1, 0.15) is 18.5 Å². The molecule has 0 spiro atoms. The highest BCUT2D eigenvalue weighted by Gasteiger charge is 2.03. The third-order valence-electron chi connectivity index (χ3n) is 2.38. The van der Waals surface area contributed by atoms with Gasteiger partial charge in [0, 0.05) is 25.4 Å². The van der Waals surface area contributed by atoms with E-state index in [0.717, 1.165) is 30.0 Å². The molecule has 0 unspecified atom stereocenters. The molecule has 0 radical (unpaired) electrons. The highest BCUT2D eigenvalue weighted by Crippen LogP contribution is 2.13. The van der Waals surface area contributed by atoms with Crippen LogP contribution in [0.2, 0.25) is 0 Å². The lowest BCUT2D eigenvalue weighted by molar-refractivity contribution is 0.653. The third kappa shape index (κ3) is 2.88. The molecule has 0 atom stereocenters. The van der Waals surface area contributed by atoms with Gasteiger partial charge in [0.2, 0.25) is 0 Å². The molecule has 2 aromatic heterocycles.